The molecule has 0 saturated carbocycles. The Labute approximate surface area is 187 Å². The highest BCUT2D eigenvalue weighted by Gasteiger charge is 2.19. The van der Waals surface area contributed by atoms with Gasteiger partial charge in [-0.1, -0.05) is 74.0 Å². The number of hydrogen-bond donors (Lipinski definition) is 2. The summed E-state index contributed by atoms with van der Waals surface area (Å²) in [5, 5.41) is 20.8. The van der Waals surface area contributed by atoms with Crippen molar-refractivity contribution in [2.75, 3.05) is 0 Å². The third-order valence-electron chi connectivity index (χ3n) is 5.30. The average Bonchev–Trinajstić information content (AvgIpc) is 3.46. The van der Waals surface area contributed by atoms with Crippen molar-refractivity contribution in [1.29, 1.82) is 0 Å². The van der Waals surface area contributed by atoms with Crippen molar-refractivity contribution in [1.82, 2.24) is 40.4 Å². The molecule has 9 nitrogen and oxygen atoms in total. The number of nitrogens with one attached hydrogen (secondary N) is 2. The SMILES string of the molecule is CC(C)c1nc2c(Cl)n[nH]c(=O)c2n1Cc1ccc(-c2ccccc2-c2nn[nH]n2)cc1. The maximum atomic E-state index is 12.5. The van der Waals surface area contributed by atoms with Gasteiger partial charge in [0.05, 0.1) is 0 Å². The zero-order chi connectivity index (χ0) is 22.2. The molecule has 32 heavy (non-hydrogen) atoms. The van der Waals surface area contributed by atoms with Crippen molar-refractivity contribution < 1.29 is 0 Å². The van der Waals surface area contributed by atoms with Crippen molar-refractivity contribution in [2.24, 2.45) is 0 Å². The molecule has 0 aliphatic rings. The van der Waals surface area contributed by atoms with E-state index in [0.717, 1.165) is 28.1 Å². The van der Waals surface area contributed by atoms with Crippen molar-refractivity contribution in [3.05, 3.63) is 75.4 Å². The van der Waals surface area contributed by atoms with Gasteiger partial charge in [0.15, 0.2) is 5.15 Å². The lowest BCUT2D eigenvalue weighted by Gasteiger charge is -2.12. The van der Waals surface area contributed by atoms with Gasteiger partial charge < -0.3 is 4.57 Å². The van der Waals surface area contributed by atoms with Gasteiger partial charge in [-0.05, 0) is 21.9 Å². The Balaban J connectivity index is 1.54. The Morgan fingerprint density at radius 1 is 1.03 bits per heavy atom. The van der Waals surface area contributed by atoms with E-state index < -0.39 is 0 Å². The summed E-state index contributed by atoms with van der Waals surface area (Å²) >= 11 is 6.19. The first-order valence-electron chi connectivity index (χ1n) is 10.1. The molecule has 2 N–H and O–H groups in total. The molecule has 5 rings (SSSR count). The van der Waals surface area contributed by atoms with E-state index in [2.05, 4.69) is 35.8 Å². The standard InChI is InChI=1S/C22H19ClN8O/c1-12(2)21-24-17-18(22(32)28-25-19(17)23)31(21)11-13-7-9-14(10-8-13)15-5-3-4-6-16(15)20-26-29-30-27-20/h3-10,12H,11H2,1-2H3,(H,28,32)(H,26,27,29,30). The number of benzene rings is 2. The fourth-order valence-corrected chi connectivity index (χ4v) is 4.00. The summed E-state index contributed by atoms with van der Waals surface area (Å²) in [5.41, 5.74) is 4.49. The molecule has 0 bridgehead atoms. The van der Waals surface area contributed by atoms with E-state index in [0.29, 0.717) is 23.4 Å². The van der Waals surface area contributed by atoms with Gasteiger partial charge in [0, 0.05) is 18.0 Å². The van der Waals surface area contributed by atoms with Crippen LogP contribution in [0.5, 0.6) is 0 Å². The second-order valence-corrected chi connectivity index (χ2v) is 8.09. The number of aromatic nitrogens is 8. The van der Waals surface area contributed by atoms with Gasteiger partial charge in [0.2, 0.25) is 5.82 Å². The number of rotatable bonds is 5. The molecule has 0 amide bonds. The third-order valence-corrected chi connectivity index (χ3v) is 5.56. The Morgan fingerprint density at radius 3 is 2.47 bits per heavy atom. The summed E-state index contributed by atoms with van der Waals surface area (Å²) in [4.78, 5) is 17.1. The Kier molecular flexibility index (Phi) is 5.02. The van der Waals surface area contributed by atoms with E-state index in [-0.39, 0.29) is 16.6 Å². The van der Waals surface area contributed by atoms with Gasteiger partial charge in [-0.3, -0.25) is 4.79 Å². The number of halogens is 1. The van der Waals surface area contributed by atoms with E-state index in [4.69, 9.17) is 11.6 Å². The van der Waals surface area contributed by atoms with Crippen LogP contribution in [0.25, 0.3) is 33.5 Å². The van der Waals surface area contributed by atoms with Crippen LogP contribution in [0.15, 0.2) is 53.3 Å². The molecule has 0 aliphatic heterocycles. The van der Waals surface area contributed by atoms with Crippen LogP contribution in [-0.4, -0.2) is 40.4 Å². The minimum atomic E-state index is -0.311. The van der Waals surface area contributed by atoms with Crippen molar-refractivity contribution >= 4 is 22.6 Å². The zero-order valence-corrected chi connectivity index (χ0v) is 18.1. The zero-order valence-electron chi connectivity index (χ0n) is 17.4. The molecule has 160 valence electrons. The first kappa shape index (κ1) is 20.1. The fourth-order valence-electron chi connectivity index (χ4n) is 3.83. The van der Waals surface area contributed by atoms with Crippen molar-refractivity contribution in [3.8, 4) is 22.5 Å². The normalized spacial score (nSPS) is 11.5. The Morgan fingerprint density at radius 2 is 1.78 bits per heavy atom. The van der Waals surface area contributed by atoms with Crippen LogP contribution in [0.1, 0.15) is 31.2 Å². The maximum absolute atomic E-state index is 12.5. The lowest BCUT2D eigenvalue weighted by atomic mass is 9.98. The van der Waals surface area contributed by atoms with Gasteiger partial charge >= 0.3 is 0 Å². The monoisotopic (exact) mass is 446 g/mol. The van der Waals surface area contributed by atoms with Crippen LogP contribution in [-0.2, 0) is 6.54 Å². The van der Waals surface area contributed by atoms with Crippen molar-refractivity contribution in [2.45, 2.75) is 26.3 Å². The highest BCUT2D eigenvalue weighted by Crippen LogP contribution is 2.30. The molecule has 0 radical (unpaired) electrons. The second kappa shape index (κ2) is 8.01. The van der Waals surface area contributed by atoms with Crippen molar-refractivity contribution in [3.63, 3.8) is 0 Å². The largest absolute Gasteiger partial charge is 0.319 e. The molecule has 0 aliphatic carbocycles. The van der Waals surface area contributed by atoms with Gasteiger partial charge in [-0.2, -0.15) is 10.3 Å². The molecule has 0 spiro atoms. The predicted octanol–water partition coefficient (Wildman–Crippen LogP) is 3.79. The number of tetrazole rings is 1. The smallest absolute Gasteiger partial charge is 0.290 e. The van der Waals surface area contributed by atoms with E-state index in [1.807, 2.05) is 66.9 Å². The van der Waals surface area contributed by atoms with Gasteiger partial charge in [0.25, 0.3) is 5.56 Å². The van der Waals surface area contributed by atoms with Crippen LogP contribution in [0.4, 0.5) is 0 Å². The molecular weight excluding hydrogens is 428 g/mol. The van der Waals surface area contributed by atoms with E-state index in [1.165, 1.54) is 0 Å². The molecule has 0 saturated heterocycles. The first-order chi connectivity index (χ1) is 15.5. The second-order valence-electron chi connectivity index (χ2n) is 7.73. The highest BCUT2D eigenvalue weighted by molar-refractivity contribution is 6.33. The molecular formula is C22H19ClN8O. The summed E-state index contributed by atoms with van der Waals surface area (Å²) in [6, 6.07) is 16.1. The molecule has 5 aromatic rings. The summed E-state index contributed by atoms with van der Waals surface area (Å²) < 4.78 is 1.91. The summed E-state index contributed by atoms with van der Waals surface area (Å²) in [6.45, 7) is 4.55. The van der Waals surface area contributed by atoms with Crippen LogP contribution >= 0.6 is 11.6 Å². The number of imidazole rings is 1. The average molecular weight is 447 g/mol. The van der Waals surface area contributed by atoms with Gasteiger partial charge in [-0.15, -0.1) is 10.2 Å². The van der Waals surface area contributed by atoms with Crippen LogP contribution in [0, 0.1) is 0 Å². The minimum absolute atomic E-state index is 0.110. The number of nitrogens with zero attached hydrogens (tertiary/aromatic N) is 6. The summed E-state index contributed by atoms with van der Waals surface area (Å²) in [5.74, 6) is 1.44. The first-order valence-corrected chi connectivity index (χ1v) is 10.5. The highest BCUT2D eigenvalue weighted by atomic mass is 35.5. The topological polar surface area (TPSA) is 118 Å². The molecule has 0 fully saturated rings. The van der Waals surface area contributed by atoms with E-state index in [9.17, 15) is 4.79 Å². The lowest BCUT2D eigenvalue weighted by molar-refractivity contribution is 0.681. The van der Waals surface area contributed by atoms with E-state index >= 15 is 0 Å². The Hall–Kier alpha value is -3.85. The third kappa shape index (κ3) is 3.46. The molecule has 3 aromatic heterocycles. The van der Waals surface area contributed by atoms with Gasteiger partial charge in [0.1, 0.15) is 16.9 Å². The molecule has 10 heteroatoms. The molecule has 0 unspecified atom stereocenters. The van der Waals surface area contributed by atoms with Crippen LogP contribution in [0.2, 0.25) is 5.15 Å². The minimum Gasteiger partial charge on any atom is -0.319 e. The summed E-state index contributed by atoms with van der Waals surface area (Å²) in [7, 11) is 0. The quantitative estimate of drug-likeness (QED) is 0.424. The molecule has 3 heterocycles. The Bertz CT molecular complexity index is 1450. The number of H-pyrrole nitrogens is 2. The number of hydrogen-bond acceptors (Lipinski definition) is 6. The van der Waals surface area contributed by atoms with Crippen LogP contribution in [0.3, 0.4) is 0 Å². The van der Waals surface area contributed by atoms with E-state index in [1.54, 1.807) is 0 Å². The number of aromatic amines is 2. The summed E-state index contributed by atoms with van der Waals surface area (Å²) in [6.07, 6.45) is 0. The number of fused-ring (bicyclic) bond motifs is 1. The van der Waals surface area contributed by atoms with Gasteiger partial charge in [-0.25, -0.2) is 10.1 Å². The lowest BCUT2D eigenvalue weighted by Crippen LogP contribution is -2.15. The maximum Gasteiger partial charge on any atom is 0.290 e. The molecule has 2 aromatic carbocycles. The predicted molar refractivity (Wildman–Crippen MR) is 121 cm³/mol. The fraction of sp³-hybridized carbons (Fsp3) is 0.182. The van der Waals surface area contributed by atoms with Crippen LogP contribution < -0.4 is 5.56 Å². The molecule has 0 atom stereocenters.